The van der Waals surface area contributed by atoms with Gasteiger partial charge in [-0.25, -0.2) is 4.39 Å². The highest BCUT2D eigenvalue weighted by atomic mass is 35.5. The number of carbonyl (C=O) groups is 2. The molecule has 41 heavy (non-hydrogen) atoms. The van der Waals surface area contributed by atoms with Gasteiger partial charge < -0.3 is 15.0 Å². The number of nitrogens with zero attached hydrogens (tertiary/aromatic N) is 1. The van der Waals surface area contributed by atoms with Crippen molar-refractivity contribution < 1.29 is 31.9 Å². The molecule has 1 fully saturated rings. The largest absolute Gasteiger partial charge is 0.483 e. The molecule has 5 nitrogen and oxygen atoms in total. The van der Waals surface area contributed by atoms with Crippen LogP contribution in [-0.2, 0) is 11.0 Å². The fourth-order valence-electron chi connectivity index (χ4n) is 4.59. The Labute approximate surface area is 240 Å². The molecule has 0 aromatic heterocycles. The van der Waals surface area contributed by atoms with Crippen LogP contribution in [0.1, 0.15) is 51.9 Å². The Morgan fingerprint density at radius 2 is 1.80 bits per heavy atom. The first-order valence-corrected chi connectivity index (χ1v) is 13.5. The van der Waals surface area contributed by atoms with E-state index in [1.807, 2.05) is 25.1 Å². The third kappa shape index (κ3) is 8.41. The van der Waals surface area contributed by atoms with Crippen molar-refractivity contribution in [1.29, 1.82) is 0 Å². The average Bonchev–Trinajstić information content (AvgIpc) is 3.44. The molecule has 4 rings (SSSR count). The lowest BCUT2D eigenvalue weighted by atomic mass is 10.00. The summed E-state index contributed by atoms with van der Waals surface area (Å²) in [4.78, 5) is 28.1. The molecule has 0 atom stereocenters. The third-order valence-corrected chi connectivity index (χ3v) is 6.91. The van der Waals surface area contributed by atoms with E-state index in [1.165, 1.54) is 31.0 Å². The molecule has 0 radical (unpaired) electrons. The smallest absolute Gasteiger partial charge is 0.416 e. The average molecular weight is 589 g/mol. The van der Waals surface area contributed by atoms with Crippen LogP contribution in [-0.4, -0.2) is 42.8 Å². The number of amides is 1. The molecule has 0 saturated carbocycles. The number of nitrogens with one attached hydrogen (secondary N) is 1. The Kier molecular flexibility index (Phi) is 9.83. The summed E-state index contributed by atoms with van der Waals surface area (Å²) in [6, 6.07) is 11.1. The van der Waals surface area contributed by atoms with Gasteiger partial charge in [-0.1, -0.05) is 29.8 Å². The number of ether oxygens (including phenoxy) is 1. The van der Waals surface area contributed by atoms with Crippen molar-refractivity contribution >= 4 is 35.1 Å². The van der Waals surface area contributed by atoms with E-state index < -0.39 is 41.4 Å². The first-order valence-electron chi connectivity index (χ1n) is 13.1. The van der Waals surface area contributed by atoms with Crippen LogP contribution in [0.15, 0.2) is 60.7 Å². The van der Waals surface area contributed by atoms with E-state index in [-0.39, 0.29) is 16.3 Å². The highest BCUT2D eigenvalue weighted by Crippen LogP contribution is 2.32. The van der Waals surface area contributed by atoms with E-state index in [4.69, 9.17) is 16.3 Å². The number of likely N-dealkylation sites (tertiary alicyclic amines) is 1. The van der Waals surface area contributed by atoms with Crippen molar-refractivity contribution in [3.63, 3.8) is 0 Å². The van der Waals surface area contributed by atoms with Crippen molar-refractivity contribution in [2.24, 2.45) is 0 Å². The summed E-state index contributed by atoms with van der Waals surface area (Å²) < 4.78 is 58.9. The summed E-state index contributed by atoms with van der Waals surface area (Å²) in [5.74, 6) is -2.75. The Bertz CT molecular complexity index is 1450. The molecular formula is C31H29ClF4N2O3. The second-order valence-electron chi connectivity index (χ2n) is 9.85. The number of alkyl halides is 3. The third-order valence-electron chi connectivity index (χ3n) is 6.68. The molecule has 1 heterocycles. The zero-order chi connectivity index (χ0) is 29.6. The fourth-order valence-corrected chi connectivity index (χ4v) is 4.76. The van der Waals surface area contributed by atoms with Crippen molar-refractivity contribution in [3.8, 4) is 5.75 Å². The van der Waals surface area contributed by atoms with Gasteiger partial charge in [0.25, 0.3) is 5.91 Å². The van der Waals surface area contributed by atoms with Crippen LogP contribution < -0.4 is 10.1 Å². The topological polar surface area (TPSA) is 58.6 Å². The highest BCUT2D eigenvalue weighted by molar-refractivity contribution is 6.31. The van der Waals surface area contributed by atoms with Gasteiger partial charge in [0.1, 0.15) is 11.6 Å². The minimum Gasteiger partial charge on any atom is -0.483 e. The predicted molar refractivity (Wildman–Crippen MR) is 151 cm³/mol. The van der Waals surface area contributed by atoms with Gasteiger partial charge in [-0.2, -0.15) is 13.2 Å². The van der Waals surface area contributed by atoms with Crippen molar-refractivity contribution in [1.82, 2.24) is 4.90 Å². The molecule has 3 aromatic carbocycles. The molecule has 1 amide bonds. The molecule has 3 aromatic rings. The molecule has 1 aliphatic heterocycles. The summed E-state index contributed by atoms with van der Waals surface area (Å²) in [6.45, 7) is 4.74. The number of benzene rings is 3. The van der Waals surface area contributed by atoms with Crippen LogP contribution in [0.25, 0.3) is 6.08 Å². The lowest BCUT2D eigenvalue weighted by Gasteiger charge is -2.14. The summed E-state index contributed by atoms with van der Waals surface area (Å²) in [6.07, 6.45) is 2.84. The Hall–Kier alpha value is -3.69. The number of rotatable bonds is 10. The van der Waals surface area contributed by atoms with Crippen LogP contribution in [0.2, 0.25) is 5.02 Å². The van der Waals surface area contributed by atoms with E-state index in [0.29, 0.717) is 23.9 Å². The van der Waals surface area contributed by atoms with Gasteiger partial charge in [0.15, 0.2) is 12.4 Å². The highest BCUT2D eigenvalue weighted by Gasteiger charge is 2.32. The molecule has 1 saturated heterocycles. The lowest BCUT2D eigenvalue weighted by molar-refractivity contribution is -0.137. The van der Waals surface area contributed by atoms with Crippen LogP contribution in [0, 0.1) is 12.7 Å². The monoisotopic (exact) mass is 588 g/mol. The van der Waals surface area contributed by atoms with Crippen LogP contribution in [0.3, 0.4) is 0 Å². The quantitative estimate of drug-likeness (QED) is 0.196. The van der Waals surface area contributed by atoms with Crippen LogP contribution >= 0.6 is 11.6 Å². The van der Waals surface area contributed by atoms with Crippen molar-refractivity contribution in [3.05, 3.63) is 99.3 Å². The summed E-state index contributed by atoms with van der Waals surface area (Å²) in [7, 11) is 0. The molecule has 0 aliphatic carbocycles. The lowest BCUT2D eigenvalue weighted by Crippen LogP contribution is -2.21. The summed E-state index contributed by atoms with van der Waals surface area (Å²) in [5.41, 5.74) is 0.390. The van der Waals surface area contributed by atoms with Crippen LogP contribution in [0.5, 0.6) is 5.75 Å². The van der Waals surface area contributed by atoms with Crippen LogP contribution in [0.4, 0.5) is 23.2 Å². The maximum absolute atomic E-state index is 13.9. The van der Waals surface area contributed by atoms with Gasteiger partial charge in [0, 0.05) is 22.8 Å². The predicted octanol–water partition coefficient (Wildman–Crippen LogP) is 7.55. The van der Waals surface area contributed by atoms with Gasteiger partial charge >= 0.3 is 6.18 Å². The SMILES string of the molecule is Cc1cc(C=CCCN2CCCC2)ccc1NC(=O)COc1ccc(Cl)cc1C(=O)c1cc(F)cc(C(F)(F)F)c1. The molecule has 1 N–H and O–H groups in total. The van der Waals surface area contributed by atoms with Gasteiger partial charge in [-0.3, -0.25) is 9.59 Å². The van der Waals surface area contributed by atoms with Gasteiger partial charge in [0.05, 0.1) is 11.1 Å². The molecular weight excluding hydrogens is 560 g/mol. The minimum absolute atomic E-state index is 0.0847. The molecule has 0 spiro atoms. The molecule has 216 valence electrons. The van der Waals surface area contributed by atoms with E-state index in [2.05, 4.69) is 16.3 Å². The maximum Gasteiger partial charge on any atom is 0.416 e. The second kappa shape index (κ2) is 13.3. The van der Waals surface area contributed by atoms with E-state index in [1.54, 1.807) is 6.07 Å². The molecule has 10 heteroatoms. The van der Waals surface area contributed by atoms with E-state index >= 15 is 0 Å². The Morgan fingerprint density at radius 1 is 1.05 bits per heavy atom. The fraction of sp³-hybridized carbons (Fsp3) is 0.290. The van der Waals surface area contributed by atoms with Gasteiger partial charge in [0.2, 0.25) is 0 Å². The summed E-state index contributed by atoms with van der Waals surface area (Å²) in [5, 5.41) is 2.86. The zero-order valence-electron chi connectivity index (χ0n) is 22.4. The Balaban J connectivity index is 1.39. The number of halogens is 5. The minimum atomic E-state index is -4.84. The molecule has 0 bridgehead atoms. The number of carbonyl (C=O) groups excluding carboxylic acids is 2. The number of hydrogen-bond donors (Lipinski definition) is 1. The Morgan fingerprint density at radius 3 is 2.51 bits per heavy atom. The number of aryl methyl sites for hydroxylation is 1. The number of anilines is 1. The van der Waals surface area contributed by atoms with E-state index in [0.717, 1.165) is 37.2 Å². The van der Waals surface area contributed by atoms with Gasteiger partial charge in [-0.05, 0) is 98.9 Å². The number of ketones is 1. The van der Waals surface area contributed by atoms with Gasteiger partial charge in [-0.15, -0.1) is 0 Å². The van der Waals surface area contributed by atoms with Crippen molar-refractivity contribution in [2.75, 3.05) is 31.6 Å². The number of hydrogen-bond acceptors (Lipinski definition) is 4. The normalized spacial score (nSPS) is 14.0. The maximum atomic E-state index is 13.9. The molecule has 1 aliphatic rings. The zero-order valence-corrected chi connectivity index (χ0v) is 23.1. The first kappa shape index (κ1) is 30.3. The standard InChI is InChI=1S/C31H29ClF4N2O3/c1-20-14-21(6-2-3-11-38-12-4-5-13-38)7-9-27(20)37-29(39)19-41-28-10-8-24(32)18-26(28)30(40)22-15-23(31(34,35)36)17-25(33)16-22/h2,6-10,14-18H,3-5,11-13,19H2,1H3,(H,37,39). The first-order chi connectivity index (χ1) is 19.5. The molecule has 0 unspecified atom stereocenters. The van der Waals surface area contributed by atoms with Crippen molar-refractivity contribution in [2.45, 2.75) is 32.4 Å². The second-order valence-corrected chi connectivity index (χ2v) is 10.3. The summed E-state index contributed by atoms with van der Waals surface area (Å²) >= 11 is 6.01. The van der Waals surface area contributed by atoms with E-state index in [9.17, 15) is 27.2 Å².